The number of amides is 1. The summed E-state index contributed by atoms with van der Waals surface area (Å²) < 4.78 is 13.0. The zero-order chi connectivity index (χ0) is 24.7. The first kappa shape index (κ1) is 23.4. The van der Waals surface area contributed by atoms with Gasteiger partial charge in [0.15, 0.2) is 5.65 Å². The molecule has 2 saturated heterocycles. The van der Waals surface area contributed by atoms with E-state index in [1.54, 1.807) is 7.11 Å². The molecule has 9 heteroatoms. The third-order valence-corrected chi connectivity index (χ3v) is 6.67. The first-order valence-electron chi connectivity index (χ1n) is 12.3. The number of carbonyl (C=O) groups is 1. The Balaban J connectivity index is 1.44. The summed E-state index contributed by atoms with van der Waals surface area (Å²) in [6.07, 6.45) is 2.72. The normalized spacial score (nSPS) is 20.3. The number of nitrogens with zero attached hydrogens (tertiary/aromatic N) is 6. The number of ether oxygens (including phenoxy) is 2. The van der Waals surface area contributed by atoms with Gasteiger partial charge in [-0.2, -0.15) is 4.98 Å². The zero-order valence-electron chi connectivity index (χ0n) is 21.2. The molecule has 0 aliphatic carbocycles. The summed E-state index contributed by atoms with van der Waals surface area (Å²) in [6.45, 7) is 11.6. The third kappa shape index (κ3) is 4.76. The maximum atomic E-state index is 12.7. The summed E-state index contributed by atoms with van der Waals surface area (Å²) in [6, 6.07) is 7.91. The SMILES string of the molecule is CCn1cnc2c(-c3ccc(OC)cc3)nc(N3CC4CC(CN(C(=O)OC(C)(C)C)C4)C3)nc21. The number of benzene rings is 1. The quantitative estimate of drug-likeness (QED) is 0.555. The molecule has 0 saturated carbocycles. The van der Waals surface area contributed by atoms with Crippen molar-refractivity contribution >= 4 is 23.2 Å². The van der Waals surface area contributed by atoms with Crippen LogP contribution in [0, 0.1) is 11.8 Å². The standard InChI is InChI=1S/C26H34N6O3/c1-6-30-16-27-22-21(19-7-9-20(34-5)10-8-19)28-24(29-23(22)30)31-12-17-11-18(13-31)15-32(14-17)25(33)35-26(2,3)4/h7-10,16-18H,6,11-15H2,1-5H3. The average Bonchev–Trinajstić information content (AvgIpc) is 3.25. The molecule has 2 aromatic heterocycles. The van der Waals surface area contributed by atoms with E-state index in [2.05, 4.69) is 21.4 Å². The fourth-order valence-electron chi connectivity index (χ4n) is 5.18. The van der Waals surface area contributed by atoms with E-state index in [4.69, 9.17) is 19.4 Å². The number of aromatic nitrogens is 4. The summed E-state index contributed by atoms with van der Waals surface area (Å²) >= 11 is 0. The highest BCUT2D eigenvalue weighted by atomic mass is 16.6. The molecule has 0 N–H and O–H groups in total. The molecule has 2 atom stereocenters. The van der Waals surface area contributed by atoms with Crippen molar-refractivity contribution in [1.82, 2.24) is 24.4 Å². The van der Waals surface area contributed by atoms with E-state index in [9.17, 15) is 4.79 Å². The van der Waals surface area contributed by atoms with Gasteiger partial charge < -0.3 is 23.8 Å². The monoisotopic (exact) mass is 478 g/mol. The summed E-state index contributed by atoms with van der Waals surface area (Å²) in [5, 5.41) is 0. The van der Waals surface area contributed by atoms with Gasteiger partial charge in [-0.1, -0.05) is 0 Å². The second-order valence-corrected chi connectivity index (χ2v) is 10.6. The van der Waals surface area contributed by atoms with Crippen molar-refractivity contribution in [2.75, 3.05) is 38.2 Å². The average molecular weight is 479 g/mol. The number of hydrogen-bond donors (Lipinski definition) is 0. The number of carbonyl (C=O) groups excluding carboxylic acids is 1. The van der Waals surface area contributed by atoms with Crippen LogP contribution in [0.1, 0.15) is 34.1 Å². The van der Waals surface area contributed by atoms with Crippen LogP contribution in [0.2, 0.25) is 0 Å². The number of fused-ring (bicyclic) bond motifs is 3. The van der Waals surface area contributed by atoms with Crippen LogP contribution in [0.25, 0.3) is 22.4 Å². The second-order valence-electron chi connectivity index (χ2n) is 10.6. The van der Waals surface area contributed by atoms with Crippen LogP contribution in [0.3, 0.4) is 0 Å². The molecule has 2 fully saturated rings. The summed E-state index contributed by atoms with van der Waals surface area (Å²) in [5.41, 5.74) is 2.96. The van der Waals surface area contributed by atoms with Crippen LogP contribution < -0.4 is 9.64 Å². The first-order chi connectivity index (χ1) is 16.7. The maximum Gasteiger partial charge on any atom is 0.410 e. The van der Waals surface area contributed by atoms with Crippen molar-refractivity contribution in [3.05, 3.63) is 30.6 Å². The molecule has 0 radical (unpaired) electrons. The van der Waals surface area contributed by atoms with Gasteiger partial charge in [0.05, 0.1) is 13.4 Å². The third-order valence-electron chi connectivity index (χ3n) is 6.67. The van der Waals surface area contributed by atoms with Gasteiger partial charge in [0.1, 0.15) is 22.6 Å². The van der Waals surface area contributed by atoms with Crippen LogP contribution >= 0.6 is 0 Å². The number of rotatable bonds is 4. The summed E-state index contributed by atoms with van der Waals surface area (Å²) in [7, 11) is 1.66. The lowest BCUT2D eigenvalue weighted by Gasteiger charge is -2.45. The van der Waals surface area contributed by atoms with Gasteiger partial charge in [-0.3, -0.25) is 0 Å². The lowest BCUT2D eigenvalue weighted by molar-refractivity contribution is 0.00755. The number of aryl methyl sites for hydroxylation is 1. The fraction of sp³-hybridized carbons (Fsp3) is 0.538. The summed E-state index contributed by atoms with van der Waals surface area (Å²) in [4.78, 5) is 31.5. The number of piperidine rings is 2. The molecule has 1 aromatic carbocycles. The van der Waals surface area contributed by atoms with Gasteiger partial charge in [-0.05, 0) is 70.2 Å². The highest BCUT2D eigenvalue weighted by Crippen LogP contribution is 2.34. The predicted molar refractivity (Wildman–Crippen MR) is 135 cm³/mol. The Morgan fingerprint density at radius 3 is 2.34 bits per heavy atom. The number of methoxy groups -OCH3 is 1. The molecule has 4 heterocycles. The van der Waals surface area contributed by atoms with Crippen LogP contribution in [0.5, 0.6) is 5.75 Å². The molecule has 35 heavy (non-hydrogen) atoms. The van der Waals surface area contributed by atoms with E-state index in [0.29, 0.717) is 24.9 Å². The van der Waals surface area contributed by atoms with Crippen LogP contribution in [-0.4, -0.2) is 69.4 Å². The molecule has 5 rings (SSSR count). The molecular formula is C26H34N6O3. The Labute approximate surface area is 206 Å². The maximum absolute atomic E-state index is 12.7. The minimum absolute atomic E-state index is 0.216. The zero-order valence-corrected chi connectivity index (χ0v) is 21.2. The van der Waals surface area contributed by atoms with Gasteiger partial charge in [-0.15, -0.1) is 0 Å². The van der Waals surface area contributed by atoms with E-state index in [-0.39, 0.29) is 6.09 Å². The van der Waals surface area contributed by atoms with Crippen molar-refractivity contribution in [2.24, 2.45) is 11.8 Å². The number of imidazole rings is 1. The molecule has 2 unspecified atom stereocenters. The fourth-order valence-corrected chi connectivity index (χ4v) is 5.18. The van der Waals surface area contributed by atoms with Gasteiger partial charge >= 0.3 is 6.09 Å². The van der Waals surface area contributed by atoms with Crippen LogP contribution in [-0.2, 0) is 11.3 Å². The molecule has 1 amide bonds. The van der Waals surface area contributed by atoms with Crippen molar-refractivity contribution in [3.8, 4) is 17.0 Å². The predicted octanol–water partition coefficient (Wildman–Crippen LogP) is 4.22. The number of anilines is 1. The van der Waals surface area contributed by atoms with Gasteiger partial charge in [0.25, 0.3) is 0 Å². The minimum atomic E-state index is -0.487. The van der Waals surface area contributed by atoms with Crippen molar-refractivity contribution in [1.29, 1.82) is 0 Å². The van der Waals surface area contributed by atoms with Gasteiger partial charge in [0, 0.05) is 38.3 Å². The molecule has 2 bridgehead atoms. The lowest BCUT2D eigenvalue weighted by Crippen LogP contribution is -2.55. The second kappa shape index (κ2) is 9.02. The van der Waals surface area contributed by atoms with Crippen molar-refractivity contribution < 1.29 is 14.3 Å². The smallest absolute Gasteiger partial charge is 0.410 e. The molecule has 186 valence electrons. The Morgan fingerprint density at radius 2 is 1.74 bits per heavy atom. The molecule has 2 aliphatic rings. The summed E-state index contributed by atoms with van der Waals surface area (Å²) in [5.74, 6) is 2.24. The van der Waals surface area contributed by atoms with E-state index in [1.165, 1.54) is 0 Å². The Hall–Kier alpha value is -3.36. The molecule has 9 nitrogen and oxygen atoms in total. The molecule has 0 spiro atoms. The highest BCUT2D eigenvalue weighted by molar-refractivity contribution is 5.88. The number of likely N-dealkylation sites (tertiary alicyclic amines) is 1. The van der Waals surface area contributed by atoms with Gasteiger partial charge in [0.2, 0.25) is 5.95 Å². The van der Waals surface area contributed by atoms with Crippen LogP contribution in [0.15, 0.2) is 30.6 Å². The van der Waals surface area contributed by atoms with E-state index in [1.807, 2.05) is 56.3 Å². The van der Waals surface area contributed by atoms with E-state index < -0.39 is 5.60 Å². The Morgan fingerprint density at radius 1 is 1.06 bits per heavy atom. The van der Waals surface area contributed by atoms with E-state index >= 15 is 0 Å². The molecule has 2 aliphatic heterocycles. The highest BCUT2D eigenvalue weighted by Gasteiger charge is 2.38. The lowest BCUT2D eigenvalue weighted by atomic mass is 9.85. The largest absolute Gasteiger partial charge is 0.497 e. The topological polar surface area (TPSA) is 85.6 Å². The first-order valence-corrected chi connectivity index (χ1v) is 12.3. The van der Waals surface area contributed by atoms with E-state index in [0.717, 1.165) is 60.2 Å². The molecule has 3 aromatic rings. The molecular weight excluding hydrogens is 444 g/mol. The number of hydrogen-bond acceptors (Lipinski definition) is 7. The van der Waals surface area contributed by atoms with Crippen LogP contribution in [0.4, 0.5) is 10.7 Å². The van der Waals surface area contributed by atoms with Gasteiger partial charge in [-0.25, -0.2) is 14.8 Å². The Kier molecular flexibility index (Phi) is 6.02. The minimum Gasteiger partial charge on any atom is -0.497 e. The van der Waals surface area contributed by atoms with Crippen molar-refractivity contribution in [3.63, 3.8) is 0 Å². The Bertz CT molecular complexity index is 1200. The van der Waals surface area contributed by atoms with Crippen molar-refractivity contribution in [2.45, 2.75) is 46.3 Å².